The van der Waals surface area contributed by atoms with Gasteiger partial charge in [0, 0.05) is 0 Å². The predicted octanol–water partition coefficient (Wildman–Crippen LogP) is 4.68. The number of rotatable bonds is 6. The van der Waals surface area contributed by atoms with Gasteiger partial charge in [-0.2, -0.15) is 0 Å². The SMILES string of the molecule is CCC(CC1OC1CC)c1c(C)cc(OC)c(C)c1C. The van der Waals surface area contributed by atoms with Gasteiger partial charge >= 0.3 is 0 Å². The third kappa shape index (κ3) is 2.85. The van der Waals surface area contributed by atoms with E-state index in [4.69, 9.17) is 9.47 Å². The molecule has 2 nitrogen and oxygen atoms in total. The Hall–Kier alpha value is -1.02. The molecule has 0 bridgehead atoms. The lowest BCUT2D eigenvalue weighted by Crippen LogP contribution is -2.09. The molecular weight excluding hydrogens is 248 g/mol. The summed E-state index contributed by atoms with van der Waals surface area (Å²) in [5.41, 5.74) is 5.53. The summed E-state index contributed by atoms with van der Waals surface area (Å²) in [7, 11) is 1.75. The van der Waals surface area contributed by atoms with Crippen LogP contribution in [0.25, 0.3) is 0 Å². The quantitative estimate of drug-likeness (QED) is 0.704. The molecule has 1 fully saturated rings. The normalized spacial score (nSPS) is 22.7. The van der Waals surface area contributed by atoms with Crippen LogP contribution in [0.15, 0.2) is 6.07 Å². The summed E-state index contributed by atoms with van der Waals surface area (Å²) in [6.07, 6.45) is 4.45. The van der Waals surface area contributed by atoms with Crippen molar-refractivity contribution in [2.75, 3.05) is 7.11 Å². The molecule has 2 heteroatoms. The first-order chi connectivity index (χ1) is 9.53. The molecule has 20 heavy (non-hydrogen) atoms. The van der Waals surface area contributed by atoms with Gasteiger partial charge in [-0.1, -0.05) is 13.8 Å². The molecular formula is C18H28O2. The van der Waals surface area contributed by atoms with Gasteiger partial charge in [0.1, 0.15) is 5.75 Å². The zero-order chi connectivity index (χ0) is 14.9. The zero-order valence-corrected chi connectivity index (χ0v) is 13.7. The Morgan fingerprint density at radius 2 is 1.85 bits per heavy atom. The predicted molar refractivity (Wildman–Crippen MR) is 83.8 cm³/mol. The van der Waals surface area contributed by atoms with Crippen LogP contribution in [0.1, 0.15) is 61.3 Å². The average Bonchev–Trinajstić information content (AvgIpc) is 3.20. The fourth-order valence-electron chi connectivity index (χ4n) is 3.42. The van der Waals surface area contributed by atoms with Crippen LogP contribution in [0.2, 0.25) is 0 Å². The van der Waals surface area contributed by atoms with Crippen molar-refractivity contribution in [2.24, 2.45) is 0 Å². The molecule has 0 N–H and O–H groups in total. The van der Waals surface area contributed by atoms with Crippen LogP contribution >= 0.6 is 0 Å². The molecule has 0 aliphatic carbocycles. The van der Waals surface area contributed by atoms with Gasteiger partial charge in [0.25, 0.3) is 0 Å². The monoisotopic (exact) mass is 276 g/mol. The Bertz CT molecular complexity index is 479. The molecule has 3 unspecified atom stereocenters. The first-order valence-corrected chi connectivity index (χ1v) is 7.83. The Morgan fingerprint density at radius 1 is 1.15 bits per heavy atom. The molecule has 0 aromatic heterocycles. The Morgan fingerprint density at radius 3 is 2.35 bits per heavy atom. The Labute approximate surface area is 123 Å². The van der Waals surface area contributed by atoms with Gasteiger partial charge in [0.2, 0.25) is 0 Å². The summed E-state index contributed by atoms with van der Waals surface area (Å²) in [6.45, 7) is 11.1. The topological polar surface area (TPSA) is 21.8 Å². The van der Waals surface area contributed by atoms with Crippen molar-refractivity contribution < 1.29 is 9.47 Å². The van der Waals surface area contributed by atoms with E-state index in [1.807, 2.05) is 0 Å². The van der Waals surface area contributed by atoms with E-state index in [-0.39, 0.29) is 0 Å². The molecule has 3 atom stereocenters. The highest BCUT2D eigenvalue weighted by atomic mass is 16.6. The number of epoxide rings is 1. The standard InChI is InChI=1S/C18H28O2/c1-7-14(10-17-15(8-2)20-17)18-11(3)9-16(19-6)12(4)13(18)5/h9,14-15,17H,7-8,10H2,1-6H3. The first-order valence-electron chi connectivity index (χ1n) is 7.83. The highest BCUT2D eigenvalue weighted by Gasteiger charge is 2.38. The minimum absolute atomic E-state index is 0.478. The largest absolute Gasteiger partial charge is 0.496 e. The van der Waals surface area contributed by atoms with E-state index in [0.29, 0.717) is 18.1 Å². The number of ether oxygens (including phenoxy) is 2. The lowest BCUT2D eigenvalue weighted by molar-refractivity contribution is 0.348. The molecule has 0 amide bonds. The lowest BCUT2D eigenvalue weighted by Gasteiger charge is -2.22. The smallest absolute Gasteiger partial charge is 0.122 e. The van der Waals surface area contributed by atoms with Gasteiger partial charge in [0.15, 0.2) is 0 Å². The molecule has 1 aromatic carbocycles. The van der Waals surface area contributed by atoms with Crippen LogP contribution in [0, 0.1) is 20.8 Å². The van der Waals surface area contributed by atoms with Crippen molar-refractivity contribution in [3.63, 3.8) is 0 Å². The summed E-state index contributed by atoms with van der Waals surface area (Å²) in [5.74, 6) is 1.61. The van der Waals surface area contributed by atoms with Crippen molar-refractivity contribution in [1.82, 2.24) is 0 Å². The van der Waals surface area contributed by atoms with Crippen molar-refractivity contribution in [1.29, 1.82) is 0 Å². The Kier molecular flexibility index (Phi) is 4.74. The van der Waals surface area contributed by atoms with Gasteiger partial charge in [0.05, 0.1) is 19.3 Å². The van der Waals surface area contributed by atoms with Gasteiger partial charge in [-0.25, -0.2) is 0 Å². The summed E-state index contributed by atoms with van der Waals surface area (Å²) in [6, 6.07) is 2.19. The highest BCUT2D eigenvalue weighted by Crippen LogP contribution is 2.40. The summed E-state index contributed by atoms with van der Waals surface area (Å²) in [4.78, 5) is 0. The first kappa shape index (κ1) is 15.4. The third-order valence-corrected chi connectivity index (χ3v) is 4.84. The van der Waals surface area contributed by atoms with Crippen LogP contribution in [0.5, 0.6) is 5.75 Å². The number of hydrogen-bond acceptors (Lipinski definition) is 2. The van der Waals surface area contributed by atoms with Gasteiger partial charge in [-0.05, 0) is 74.3 Å². The van der Waals surface area contributed by atoms with Crippen LogP contribution in [0.4, 0.5) is 0 Å². The fourth-order valence-corrected chi connectivity index (χ4v) is 3.42. The molecule has 1 saturated heterocycles. The molecule has 1 heterocycles. The molecule has 1 aliphatic heterocycles. The third-order valence-electron chi connectivity index (χ3n) is 4.84. The van der Waals surface area contributed by atoms with Gasteiger partial charge < -0.3 is 9.47 Å². The summed E-state index contributed by atoms with van der Waals surface area (Å²) < 4.78 is 11.2. The number of aryl methyl sites for hydroxylation is 1. The maximum Gasteiger partial charge on any atom is 0.122 e. The number of methoxy groups -OCH3 is 1. The second kappa shape index (κ2) is 6.17. The molecule has 112 valence electrons. The van der Waals surface area contributed by atoms with E-state index in [1.165, 1.54) is 28.7 Å². The summed E-state index contributed by atoms with van der Waals surface area (Å²) in [5, 5.41) is 0. The van der Waals surface area contributed by atoms with E-state index >= 15 is 0 Å². The van der Waals surface area contributed by atoms with Crippen LogP contribution in [-0.4, -0.2) is 19.3 Å². The number of benzene rings is 1. The van der Waals surface area contributed by atoms with E-state index < -0.39 is 0 Å². The van der Waals surface area contributed by atoms with Crippen molar-refractivity contribution >= 4 is 0 Å². The van der Waals surface area contributed by atoms with E-state index in [1.54, 1.807) is 7.11 Å². The van der Waals surface area contributed by atoms with Crippen molar-refractivity contribution in [3.05, 3.63) is 28.3 Å². The molecule has 0 radical (unpaired) electrons. The zero-order valence-electron chi connectivity index (χ0n) is 13.7. The summed E-state index contributed by atoms with van der Waals surface area (Å²) >= 11 is 0. The minimum Gasteiger partial charge on any atom is -0.496 e. The van der Waals surface area contributed by atoms with Gasteiger partial charge in [-0.15, -0.1) is 0 Å². The van der Waals surface area contributed by atoms with Crippen LogP contribution in [0.3, 0.4) is 0 Å². The second-order valence-electron chi connectivity index (χ2n) is 6.02. The van der Waals surface area contributed by atoms with Crippen molar-refractivity contribution in [3.8, 4) is 5.75 Å². The lowest BCUT2D eigenvalue weighted by atomic mass is 9.83. The van der Waals surface area contributed by atoms with Gasteiger partial charge in [-0.3, -0.25) is 0 Å². The molecule has 0 saturated carbocycles. The van der Waals surface area contributed by atoms with Crippen LogP contribution < -0.4 is 4.74 Å². The maximum atomic E-state index is 5.75. The average molecular weight is 276 g/mol. The van der Waals surface area contributed by atoms with E-state index in [2.05, 4.69) is 40.7 Å². The maximum absolute atomic E-state index is 5.75. The molecule has 1 aromatic rings. The van der Waals surface area contributed by atoms with Crippen LogP contribution in [-0.2, 0) is 4.74 Å². The second-order valence-corrected chi connectivity index (χ2v) is 6.02. The van der Waals surface area contributed by atoms with E-state index in [9.17, 15) is 0 Å². The Balaban J connectivity index is 2.27. The minimum atomic E-state index is 0.478. The molecule has 2 rings (SSSR count). The molecule has 0 spiro atoms. The van der Waals surface area contributed by atoms with E-state index in [0.717, 1.165) is 18.6 Å². The fraction of sp³-hybridized carbons (Fsp3) is 0.667. The van der Waals surface area contributed by atoms with Crippen molar-refractivity contribution in [2.45, 2.75) is 72.0 Å². The highest BCUT2D eigenvalue weighted by molar-refractivity contribution is 5.49. The molecule has 1 aliphatic rings. The number of hydrogen-bond donors (Lipinski definition) is 0.